The van der Waals surface area contributed by atoms with Gasteiger partial charge >= 0.3 is 0 Å². The fourth-order valence-corrected chi connectivity index (χ4v) is 4.79. The first-order valence-corrected chi connectivity index (χ1v) is 10.1. The van der Waals surface area contributed by atoms with E-state index in [2.05, 4.69) is 57.1 Å². The van der Waals surface area contributed by atoms with E-state index < -0.39 is 0 Å². The van der Waals surface area contributed by atoms with E-state index in [-0.39, 0.29) is 17.2 Å². The Balaban J connectivity index is 1.54. The van der Waals surface area contributed by atoms with Gasteiger partial charge in [-0.3, -0.25) is 9.36 Å². The highest BCUT2D eigenvalue weighted by Crippen LogP contribution is 2.39. The Labute approximate surface area is 160 Å². The molecule has 0 spiro atoms. The van der Waals surface area contributed by atoms with Crippen molar-refractivity contribution in [3.8, 4) is 11.4 Å². The topological polar surface area (TPSA) is 72.7 Å². The van der Waals surface area contributed by atoms with E-state index in [1.165, 1.54) is 28.7 Å². The first-order chi connectivity index (χ1) is 12.4. The predicted molar refractivity (Wildman–Crippen MR) is 105 cm³/mol. The molecule has 0 fully saturated rings. The van der Waals surface area contributed by atoms with Crippen LogP contribution >= 0.6 is 23.1 Å². The van der Waals surface area contributed by atoms with Gasteiger partial charge in [0.25, 0.3) is 0 Å². The first kappa shape index (κ1) is 17.2. The molecule has 0 saturated carbocycles. The van der Waals surface area contributed by atoms with Gasteiger partial charge in [0.2, 0.25) is 5.91 Å². The van der Waals surface area contributed by atoms with Crippen LogP contribution in [0.1, 0.15) is 24.3 Å². The van der Waals surface area contributed by atoms with Crippen LogP contribution in [0.3, 0.4) is 0 Å². The van der Waals surface area contributed by atoms with Gasteiger partial charge in [0.05, 0.1) is 5.75 Å². The fourth-order valence-electron chi connectivity index (χ4n) is 3.22. The van der Waals surface area contributed by atoms with Crippen molar-refractivity contribution in [1.82, 2.24) is 19.7 Å². The third-order valence-corrected chi connectivity index (χ3v) is 6.08. The summed E-state index contributed by atoms with van der Waals surface area (Å²) in [5.74, 6) is 1.06. The molecular weight excluding hydrogens is 366 g/mol. The molecule has 0 unspecified atom stereocenters. The van der Waals surface area contributed by atoms with Crippen LogP contribution in [0.4, 0.5) is 5.13 Å². The Morgan fingerprint density at radius 2 is 2.15 bits per heavy atom. The molecule has 4 rings (SSSR count). The largest absolute Gasteiger partial charge is 0.301 e. The minimum atomic E-state index is -0.140. The number of amides is 1. The van der Waals surface area contributed by atoms with Gasteiger partial charge < -0.3 is 5.32 Å². The molecule has 1 aromatic carbocycles. The summed E-state index contributed by atoms with van der Waals surface area (Å²) in [5, 5.41) is 13.0. The number of carbonyl (C=O) groups excluding carboxylic acids is 1. The molecule has 1 amide bonds. The SMILES string of the molecule is Cc1cnc(NC(=O)CSc2nnc3n2C(C)(C)Cc2ccccc2-3)s1. The molecule has 3 aromatic rings. The van der Waals surface area contributed by atoms with Crippen molar-refractivity contribution in [3.05, 3.63) is 40.9 Å². The highest BCUT2D eigenvalue weighted by Gasteiger charge is 2.34. The average molecular weight is 386 g/mol. The van der Waals surface area contributed by atoms with Gasteiger partial charge in [-0.15, -0.1) is 21.5 Å². The van der Waals surface area contributed by atoms with Gasteiger partial charge in [-0.05, 0) is 32.8 Å². The fraction of sp³-hybridized carbons (Fsp3) is 0.333. The van der Waals surface area contributed by atoms with Crippen molar-refractivity contribution in [2.75, 3.05) is 11.1 Å². The molecule has 0 atom stereocenters. The monoisotopic (exact) mass is 385 g/mol. The quantitative estimate of drug-likeness (QED) is 0.693. The zero-order chi connectivity index (χ0) is 18.3. The second-order valence-corrected chi connectivity index (χ2v) is 9.08. The summed E-state index contributed by atoms with van der Waals surface area (Å²) in [5.41, 5.74) is 2.26. The predicted octanol–water partition coefficient (Wildman–Crippen LogP) is 3.73. The number of hydrogen-bond acceptors (Lipinski definition) is 6. The van der Waals surface area contributed by atoms with E-state index >= 15 is 0 Å². The lowest BCUT2D eigenvalue weighted by atomic mass is 9.87. The summed E-state index contributed by atoms with van der Waals surface area (Å²) in [6.45, 7) is 6.32. The maximum absolute atomic E-state index is 12.2. The summed E-state index contributed by atoms with van der Waals surface area (Å²) in [4.78, 5) is 17.5. The minimum Gasteiger partial charge on any atom is -0.301 e. The highest BCUT2D eigenvalue weighted by molar-refractivity contribution is 7.99. The number of fused-ring (bicyclic) bond motifs is 3. The molecule has 3 heterocycles. The molecule has 1 aliphatic heterocycles. The number of aromatic nitrogens is 4. The number of nitrogens with one attached hydrogen (secondary N) is 1. The summed E-state index contributed by atoms with van der Waals surface area (Å²) in [6.07, 6.45) is 2.66. The number of carbonyl (C=O) groups is 1. The van der Waals surface area contributed by atoms with E-state index in [4.69, 9.17) is 0 Å². The molecule has 1 N–H and O–H groups in total. The van der Waals surface area contributed by atoms with Gasteiger partial charge in [-0.2, -0.15) is 0 Å². The number of aryl methyl sites for hydroxylation is 1. The van der Waals surface area contributed by atoms with Crippen molar-refractivity contribution >= 4 is 34.1 Å². The summed E-state index contributed by atoms with van der Waals surface area (Å²) >= 11 is 2.88. The van der Waals surface area contributed by atoms with Crippen molar-refractivity contribution < 1.29 is 4.79 Å². The minimum absolute atomic E-state index is 0.0873. The lowest BCUT2D eigenvalue weighted by Crippen LogP contribution is -2.33. The molecule has 0 aliphatic carbocycles. The van der Waals surface area contributed by atoms with Gasteiger partial charge in [0, 0.05) is 22.2 Å². The van der Waals surface area contributed by atoms with Crippen molar-refractivity contribution in [2.45, 2.75) is 37.9 Å². The second kappa shape index (κ2) is 6.51. The van der Waals surface area contributed by atoms with Crippen LogP contribution in [-0.2, 0) is 16.8 Å². The van der Waals surface area contributed by atoms with E-state index in [9.17, 15) is 4.79 Å². The van der Waals surface area contributed by atoms with E-state index in [0.717, 1.165) is 27.8 Å². The molecule has 6 nitrogen and oxygen atoms in total. The number of nitrogens with zero attached hydrogens (tertiary/aromatic N) is 4. The van der Waals surface area contributed by atoms with E-state index in [1.807, 2.05) is 13.0 Å². The molecule has 0 radical (unpaired) electrons. The number of thiazole rings is 1. The van der Waals surface area contributed by atoms with Gasteiger partial charge in [-0.1, -0.05) is 36.0 Å². The molecule has 2 aromatic heterocycles. The van der Waals surface area contributed by atoms with Gasteiger partial charge in [-0.25, -0.2) is 4.98 Å². The van der Waals surface area contributed by atoms with E-state index in [1.54, 1.807) is 6.20 Å². The van der Waals surface area contributed by atoms with Crippen LogP contribution in [0.25, 0.3) is 11.4 Å². The Morgan fingerprint density at radius 3 is 2.92 bits per heavy atom. The van der Waals surface area contributed by atoms with Gasteiger partial charge in [0.15, 0.2) is 16.1 Å². The van der Waals surface area contributed by atoms with Gasteiger partial charge in [0.1, 0.15) is 0 Å². The van der Waals surface area contributed by atoms with Crippen LogP contribution < -0.4 is 5.32 Å². The lowest BCUT2D eigenvalue weighted by molar-refractivity contribution is -0.113. The third kappa shape index (κ3) is 3.14. The third-order valence-electron chi connectivity index (χ3n) is 4.32. The number of rotatable bonds is 4. The Hall–Kier alpha value is -2.19. The summed E-state index contributed by atoms with van der Waals surface area (Å²) < 4.78 is 2.15. The van der Waals surface area contributed by atoms with Crippen LogP contribution in [-0.4, -0.2) is 31.4 Å². The van der Waals surface area contributed by atoms with Crippen molar-refractivity contribution in [1.29, 1.82) is 0 Å². The maximum atomic E-state index is 12.2. The number of hydrogen-bond donors (Lipinski definition) is 1. The van der Waals surface area contributed by atoms with Crippen molar-refractivity contribution in [3.63, 3.8) is 0 Å². The van der Waals surface area contributed by atoms with Crippen LogP contribution in [0.5, 0.6) is 0 Å². The Morgan fingerprint density at radius 1 is 1.35 bits per heavy atom. The lowest BCUT2D eigenvalue weighted by Gasteiger charge is -2.34. The molecule has 1 aliphatic rings. The number of thioether (sulfide) groups is 1. The maximum Gasteiger partial charge on any atom is 0.236 e. The number of benzene rings is 1. The highest BCUT2D eigenvalue weighted by atomic mass is 32.2. The van der Waals surface area contributed by atoms with Crippen molar-refractivity contribution in [2.24, 2.45) is 0 Å². The smallest absolute Gasteiger partial charge is 0.236 e. The van der Waals surface area contributed by atoms with Crippen LogP contribution in [0.15, 0.2) is 35.6 Å². The zero-order valence-electron chi connectivity index (χ0n) is 14.8. The Bertz CT molecular complexity index is 976. The van der Waals surface area contributed by atoms with E-state index in [0.29, 0.717) is 5.13 Å². The summed E-state index contributed by atoms with van der Waals surface area (Å²) in [7, 11) is 0. The van der Waals surface area contributed by atoms with Crippen LogP contribution in [0.2, 0.25) is 0 Å². The average Bonchev–Trinajstić information content (AvgIpc) is 3.20. The second-order valence-electron chi connectivity index (χ2n) is 6.90. The molecule has 0 bridgehead atoms. The zero-order valence-corrected chi connectivity index (χ0v) is 16.4. The molecule has 0 saturated heterocycles. The first-order valence-electron chi connectivity index (χ1n) is 8.33. The molecular formula is C18H19N5OS2. The standard InChI is InChI=1S/C18H19N5OS2/c1-11-9-19-16(26-11)20-14(24)10-25-17-22-21-15-13-7-5-4-6-12(13)8-18(2,3)23(15)17/h4-7,9H,8,10H2,1-3H3,(H,19,20,24). The normalized spacial score (nSPS) is 14.6. The summed E-state index contributed by atoms with van der Waals surface area (Å²) in [6, 6.07) is 8.30. The molecule has 8 heteroatoms. The molecule has 26 heavy (non-hydrogen) atoms. The number of anilines is 1. The molecule has 134 valence electrons. The Kier molecular flexibility index (Phi) is 4.32. The van der Waals surface area contributed by atoms with Crippen LogP contribution in [0, 0.1) is 6.92 Å².